The Bertz CT molecular complexity index is 348. The molecule has 1 rings (SSSR count). The maximum absolute atomic E-state index is 11.5. The zero-order valence-electron chi connectivity index (χ0n) is 8.56. The fourth-order valence-corrected chi connectivity index (χ4v) is 0.974. The Hall–Kier alpha value is -1.63. The van der Waals surface area contributed by atoms with Gasteiger partial charge < -0.3 is 15.6 Å². The number of aliphatic hydroxyl groups excluding tert-OH is 1. The predicted molar refractivity (Wildman–Crippen MR) is 48.6 cm³/mol. The quantitative estimate of drug-likeness (QED) is 0.639. The lowest BCUT2D eigenvalue weighted by Gasteiger charge is -2.05. The molecule has 0 unspecified atom stereocenters. The molecule has 0 saturated carbocycles. The van der Waals surface area contributed by atoms with E-state index in [0.717, 1.165) is 0 Å². The minimum atomic E-state index is -0.594. The fourth-order valence-electron chi connectivity index (χ4n) is 0.974. The van der Waals surface area contributed by atoms with Crippen LogP contribution in [0.4, 0.5) is 0 Å². The van der Waals surface area contributed by atoms with Crippen LogP contribution in [-0.2, 0) is 6.61 Å². The van der Waals surface area contributed by atoms with E-state index in [0.29, 0.717) is 6.54 Å². The summed E-state index contributed by atoms with van der Waals surface area (Å²) in [7, 11) is 0. The van der Waals surface area contributed by atoms with Gasteiger partial charge in [-0.15, -0.1) is 0 Å². The summed E-state index contributed by atoms with van der Waals surface area (Å²) >= 11 is 0. The molecule has 1 aromatic rings. The summed E-state index contributed by atoms with van der Waals surface area (Å²) in [5.41, 5.74) is -0.357. The molecule has 15 heavy (non-hydrogen) atoms. The van der Waals surface area contributed by atoms with Gasteiger partial charge in [-0.25, -0.2) is 0 Å². The second-order valence-corrected chi connectivity index (χ2v) is 3.49. The maximum atomic E-state index is 11.5. The molecule has 0 radical (unpaired) electrons. The Morgan fingerprint density at radius 2 is 2.40 bits per heavy atom. The molecule has 0 atom stereocenters. The Kier molecular flexibility index (Phi) is 3.62. The molecule has 0 aliphatic carbocycles. The zero-order chi connectivity index (χ0) is 11.4. The number of nitrogens with one attached hydrogen (secondary N) is 1. The van der Waals surface area contributed by atoms with Crippen LogP contribution in [0.1, 0.15) is 30.0 Å². The molecule has 0 spiro atoms. The second kappa shape index (κ2) is 4.74. The molecule has 0 saturated heterocycles. The molecule has 2 N–H and O–H groups in total. The summed E-state index contributed by atoms with van der Waals surface area (Å²) in [5, 5.41) is 25.6. The molecule has 0 aliphatic heterocycles. The van der Waals surface area contributed by atoms with E-state index in [4.69, 9.17) is 5.11 Å². The van der Waals surface area contributed by atoms with Crippen LogP contribution in [-0.4, -0.2) is 22.7 Å². The molecule has 1 heterocycles. The van der Waals surface area contributed by atoms with Gasteiger partial charge in [-0.05, 0) is 10.8 Å². The van der Waals surface area contributed by atoms with E-state index < -0.39 is 12.5 Å². The van der Waals surface area contributed by atoms with E-state index in [9.17, 15) is 10.0 Å². The standard InChI is InChI=1S/C8H13N3O4/c1-5(2)3-9-8(13)7-6(4-12)10-15-11(7)14/h5,12H,3-4H2,1-2H3,(H,9,13). The van der Waals surface area contributed by atoms with Crippen LogP contribution in [0, 0.1) is 11.1 Å². The van der Waals surface area contributed by atoms with Crippen molar-refractivity contribution >= 4 is 5.91 Å². The normalized spacial score (nSPS) is 10.7. The largest absolute Gasteiger partial charge is 0.387 e. The van der Waals surface area contributed by atoms with Gasteiger partial charge in [0, 0.05) is 11.7 Å². The lowest BCUT2D eigenvalue weighted by molar-refractivity contribution is -0.803. The van der Waals surface area contributed by atoms with Gasteiger partial charge in [-0.3, -0.25) is 9.42 Å². The summed E-state index contributed by atoms with van der Waals surface area (Å²) in [5.74, 6) is -0.324. The van der Waals surface area contributed by atoms with Crippen molar-refractivity contribution in [3.05, 3.63) is 16.6 Å². The van der Waals surface area contributed by atoms with Crippen molar-refractivity contribution in [2.45, 2.75) is 20.5 Å². The van der Waals surface area contributed by atoms with Crippen LogP contribution >= 0.6 is 0 Å². The molecule has 7 heteroatoms. The van der Waals surface area contributed by atoms with Crippen LogP contribution in [0.15, 0.2) is 4.63 Å². The molecule has 1 aromatic heterocycles. The lowest BCUT2D eigenvalue weighted by Crippen LogP contribution is -2.39. The van der Waals surface area contributed by atoms with Crippen molar-refractivity contribution < 1.29 is 19.4 Å². The first kappa shape index (κ1) is 11.4. The highest BCUT2D eigenvalue weighted by atomic mass is 16.8. The van der Waals surface area contributed by atoms with Crippen LogP contribution in [0.5, 0.6) is 0 Å². The molecule has 0 aromatic carbocycles. The number of hydrogen-bond acceptors (Lipinski definition) is 5. The van der Waals surface area contributed by atoms with Gasteiger partial charge in [-0.1, -0.05) is 13.8 Å². The SMILES string of the molecule is CC(C)CNC(=O)c1c(CO)no[n+]1[O-]. The highest BCUT2D eigenvalue weighted by Crippen LogP contribution is 2.00. The number of aliphatic hydroxyl groups is 1. The molecule has 7 nitrogen and oxygen atoms in total. The van der Waals surface area contributed by atoms with Gasteiger partial charge in [0.25, 0.3) is 17.3 Å². The van der Waals surface area contributed by atoms with E-state index >= 15 is 0 Å². The van der Waals surface area contributed by atoms with Crippen LogP contribution in [0.2, 0.25) is 0 Å². The van der Waals surface area contributed by atoms with Crippen LogP contribution in [0.25, 0.3) is 0 Å². The molecule has 84 valence electrons. The smallest absolute Gasteiger partial charge is 0.299 e. The van der Waals surface area contributed by atoms with Gasteiger partial charge in [0.15, 0.2) is 0 Å². The summed E-state index contributed by atoms with van der Waals surface area (Å²) < 4.78 is 4.20. The van der Waals surface area contributed by atoms with Gasteiger partial charge in [0.05, 0.1) is 0 Å². The van der Waals surface area contributed by atoms with E-state index in [2.05, 4.69) is 15.1 Å². The fraction of sp³-hybridized carbons (Fsp3) is 0.625. The van der Waals surface area contributed by atoms with Gasteiger partial charge in [0.1, 0.15) is 6.61 Å². The number of hydrogen-bond donors (Lipinski definition) is 2. The second-order valence-electron chi connectivity index (χ2n) is 3.49. The van der Waals surface area contributed by atoms with Crippen molar-refractivity contribution in [1.82, 2.24) is 10.5 Å². The molecule has 1 amide bonds. The van der Waals surface area contributed by atoms with E-state index in [1.807, 2.05) is 13.8 Å². The van der Waals surface area contributed by atoms with Crippen LogP contribution < -0.4 is 10.2 Å². The average Bonchev–Trinajstić information content (AvgIpc) is 2.56. The van der Waals surface area contributed by atoms with E-state index in [1.54, 1.807) is 0 Å². The predicted octanol–water partition coefficient (Wildman–Crippen LogP) is -0.814. The number of carbonyl (C=O) groups is 1. The van der Waals surface area contributed by atoms with Crippen molar-refractivity contribution in [2.75, 3.05) is 6.54 Å². The summed E-state index contributed by atoms with van der Waals surface area (Å²) in [4.78, 5) is 11.5. The van der Waals surface area contributed by atoms with Crippen molar-refractivity contribution in [3.8, 4) is 0 Å². The molecule has 0 aliphatic rings. The maximum Gasteiger partial charge on any atom is 0.299 e. The lowest BCUT2D eigenvalue weighted by atomic mass is 10.2. The van der Waals surface area contributed by atoms with Crippen molar-refractivity contribution in [3.63, 3.8) is 0 Å². The Morgan fingerprint density at radius 1 is 1.73 bits per heavy atom. The van der Waals surface area contributed by atoms with Gasteiger partial charge >= 0.3 is 0 Å². The number of amides is 1. The summed E-state index contributed by atoms with van der Waals surface area (Å²) in [6.45, 7) is 3.77. The first-order valence-electron chi connectivity index (χ1n) is 4.54. The first-order chi connectivity index (χ1) is 7.06. The van der Waals surface area contributed by atoms with Crippen molar-refractivity contribution in [2.24, 2.45) is 5.92 Å². The molecular weight excluding hydrogens is 202 g/mol. The van der Waals surface area contributed by atoms with Crippen LogP contribution in [0.3, 0.4) is 0 Å². The Morgan fingerprint density at radius 3 is 2.93 bits per heavy atom. The van der Waals surface area contributed by atoms with Gasteiger partial charge in [-0.2, -0.15) is 0 Å². The third-order valence-electron chi connectivity index (χ3n) is 1.72. The Balaban J connectivity index is 2.76. The summed E-state index contributed by atoms with van der Waals surface area (Å²) in [6.07, 6.45) is 0. The number of aromatic nitrogens is 2. The highest BCUT2D eigenvalue weighted by Gasteiger charge is 2.25. The third-order valence-corrected chi connectivity index (χ3v) is 1.72. The van der Waals surface area contributed by atoms with Crippen molar-refractivity contribution in [1.29, 1.82) is 0 Å². The van der Waals surface area contributed by atoms with E-state index in [1.165, 1.54) is 0 Å². The highest BCUT2D eigenvalue weighted by molar-refractivity contribution is 5.91. The number of nitrogens with zero attached hydrogens (tertiary/aromatic N) is 2. The molecule has 0 bridgehead atoms. The Labute approximate surface area is 86.2 Å². The molecule has 0 fully saturated rings. The zero-order valence-corrected chi connectivity index (χ0v) is 8.56. The molecular formula is C8H13N3O4. The van der Waals surface area contributed by atoms with Gasteiger partial charge in [0.2, 0.25) is 0 Å². The third kappa shape index (κ3) is 2.66. The summed E-state index contributed by atoms with van der Waals surface area (Å²) in [6, 6.07) is 0. The monoisotopic (exact) mass is 215 g/mol. The minimum absolute atomic E-state index is 0.0127. The number of rotatable bonds is 4. The number of carbonyl (C=O) groups excluding carboxylic acids is 1. The van der Waals surface area contributed by atoms with E-state index in [-0.39, 0.29) is 22.2 Å². The topological polar surface area (TPSA) is 102 Å². The first-order valence-corrected chi connectivity index (χ1v) is 4.54. The average molecular weight is 215 g/mol. The minimum Gasteiger partial charge on any atom is -0.387 e.